The SMILES string of the molecule is CS(=O)(=O)N(CC(=O)Nc1ccc(S(=O)(=O)Nc2ccc(F)cc2)cc1)c1ccc(Cl)cc1. The van der Waals surface area contributed by atoms with Crippen molar-refractivity contribution in [3.63, 3.8) is 0 Å². The molecule has 0 aliphatic heterocycles. The highest BCUT2D eigenvalue weighted by Gasteiger charge is 2.21. The lowest BCUT2D eigenvalue weighted by Gasteiger charge is -2.22. The van der Waals surface area contributed by atoms with Crippen LogP contribution < -0.4 is 14.3 Å². The summed E-state index contributed by atoms with van der Waals surface area (Å²) in [5.41, 5.74) is 0.729. The van der Waals surface area contributed by atoms with Crippen LogP contribution in [0, 0.1) is 5.82 Å². The van der Waals surface area contributed by atoms with Gasteiger partial charge in [-0.05, 0) is 72.8 Å². The standard InChI is InChI=1S/C21H19ClFN3O5S2/c1-32(28,29)26(19-10-2-15(22)3-11-19)14-21(27)24-17-8-12-20(13-9-17)33(30,31)25-18-6-4-16(23)5-7-18/h2-13,25H,14H2,1H3,(H,24,27). The molecule has 174 valence electrons. The minimum absolute atomic E-state index is 0.0799. The third kappa shape index (κ3) is 6.67. The van der Waals surface area contributed by atoms with E-state index < -0.39 is 38.3 Å². The van der Waals surface area contributed by atoms with Crippen molar-refractivity contribution in [2.75, 3.05) is 27.1 Å². The number of nitrogens with one attached hydrogen (secondary N) is 2. The Morgan fingerprint density at radius 1 is 0.879 bits per heavy atom. The van der Waals surface area contributed by atoms with Crippen molar-refractivity contribution in [3.05, 3.63) is 83.6 Å². The third-order valence-corrected chi connectivity index (χ3v) is 7.14. The summed E-state index contributed by atoms with van der Waals surface area (Å²) in [6.07, 6.45) is 0.975. The van der Waals surface area contributed by atoms with Gasteiger partial charge in [-0.25, -0.2) is 21.2 Å². The van der Waals surface area contributed by atoms with Crippen LogP contribution in [0.15, 0.2) is 77.7 Å². The van der Waals surface area contributed by atoms with Gasteiger partial charge in [-0.3, -0.25) is 13.8 Å². The van der Waals surface area contributed by atoms with Crippen LogP contribution in [0.4, 0.5) is 21.5 Å². The monoisotopic (exact) mass is 511 g/mol. The van der Waals surface area contributed by atoms with E-state index in [1.807, 2.05) is 0 Å². The van der Waals surface area contributed by atoms with Crippen molar-refractivity contribution in [3.8, 4) is 0 Å². The van der Waals surface area contributed by atoms with Crippen LogP contribution in [0.25, 0.3) is 0 Å². The summed E-state index contributed by atoms with van der Waals surface area (Å²) in [6, 6.07) is 16.1. The van der Waals surface area contributed by atoms with Crippen molar-refractivity contribution >= 4 is 54.6 Å². The predicted octanol–water partition coefficient (Wildman–Crippen LogP) is 3.68. The van der Waals surface area contributed by atoms with Gasteiger partial charge in [0.15, 0.2) is 0 Å². The predicted molar refractivity (Wildman–Crippen MR) is 126 cm³/mol. The summed E-state index contributed by atoms with van der Waals surface area (Å²) in [6.45, 7) is -0.493. The maximum Gasteiger partial charge on any atom is 0.261 e. The van der Waals surface area contributed by atoms with Crippen molar-refractivity contribution in [2.24, 2.45) is 0 Å². The zero-order valence-electron chi connectivity index (χ0n) is 17.2. The van der Waals surface area contributed by atoms with Crippen LogP contribution in [0.2, 0.25) is 5.02 Å². The lowest BCUT2D eigenvalue weighted by atomic mass is 10.3. The molecule has 0 radical (unpaired) electrons. The number of nitrogens with zero attached hydrogens (tertiary/aromatic N) is 1. The fraction of sp³-hybridized carbons (Fsp3) is 0.0952. The quantitative estimate of drug-likeness (QED) is 0.479. The molecule has 0 heterocycles. The zero-order chi connectivity index (χ0) is 24.2. The van der Waals surface area contributed by atoms with Crippen molar-refractivity contribution < 1.29 is 26.0 Å². The normalized spacial score (nSPS) is 11.6. The number of hydrogen-bond acceptors (Lipinski definition) is 5. The average molecular weight is 512 g/mol. The van der Waals surface area contributed by atoms with Gasteiger partial charge in [0, 0.05) is 16.4 Å². The topological polar surface area (TPSA) is 113 Å². The van der Waals surface area contributed by atoms with Crippen LogP contribution in [0.3, 0.4) is 0 Å². The summed E-state index contributed by atoms with van der Waals surface area (Å²) in [7, 11) is -7.69. The number of rotatable bonds is 8. The molecule has 0 aromatic heterocycles. The molecule has 3 rings (SSSR count). The van der Waals surface area contributed by atoms with E-state index in [4.69, 9.17) is 11.6 Å². The first-order chi connectivity index (χ1) is 15.4. The van der Waals surface area contributed by atoms with E-state index in [-0.39, 0.29) is 22.0 Å². The molecule has 0 aliphatic carbocycles. The number of carbonyl (C=O) groups is 1. The molecule has 1 amide bonds. The number of anilines is 3. The fourth-order valence-corrected chi connectivity index (χ4v) is 4.83. The van der Waals surface area contributed by atoms with Gasteiger partial charge in [0.05, 0.1) is 16.8 Å². The molecular formula is C21H19ClFN3O5S2. The largest absolute Gasteiger partial charge is 0.325 e. The van der Waals surface area contributed by atoms with Gasteiger partial charge in [-0.2, -0.15) is 0 Å². The number of carbonyl (C=O) groups excluding carboxylic acids is 1. The second kappa shape index (κ2) is 9.77. The van der Waals surface area contributed by atoms with E-state index in [1.54, 1.807) is 0 Å². The van der Waals surface area contributed by atoms with Gasteiger partial charge in [0.2, 0.25) is 15.9 Å². The fourth-order valence-electron chi connectivity index (χ4n) is 2.79. The Bertz CT molecular complexity index is 1350. The number of amides is 1. The number of sulfonamides is 2. The highest BCUT2D eigenvalue weighted by atomic mass is 35.5. The first kappa shape index (κ1) is 24.5. The van der Waals surface area contributed by atoms with E-state index in [9.17, 15) is 26.0 Å². The Morgan fingerprint density at radius 3 is 1.97 bits per heavy atom. The minimum atomic E-state index is -3.93. The molecule has 0 fully saturated rings. The summed E-state index contributed by atoms with van der Waals surface area (Å²) in [4.78, 5) is 12.4. The lowest BCUT2D eigenvalue weighted by Crippen LogP contribution is -2.37. The molecule has 0 saturated carbocycles. The molecular weight excluding hydrogens is 493 g/mol. The molecule has 2 N–H and O–H groups in total. The molecule has 3 aromatic carbocycles. The number of halogens is 2. The highest BCUT2D eigenvalue weighted by Crippen LogP contribution is 2.21. The van der Waals surface area contributed by atoms with Gasteiger partial charge < -0.3 is 5.32 Å². The smallest absolute Gasteiger partial charge is 0.261 e. The van der Waals surface area contributed by atoms with Gasteiger partial charge in [0.1, 0.15) is 12.4 Å². The average Bonchev–Trinajstić information content (AvgIpc) is 2.74. The molecule has 12 heteroatoms. The Morgan fingerprint density at radius 2 is 1.42 bits per heavy atom. The van der Waals surface area contributed by atoms with Gasteiger partial charge in [-0.15, -0.1) is 0 Å². The molecule has 33 heavy (non-hydrogen) atoms. The Hall–Kier alpha value is -3.15. The van der Waals surface area contributed by atoms with Gasteiger partial charge in [-0.1, -0.05) is 11.6 Å². The summed E-state index contributed by atoms with van der Waals surface area (Å²) in [5.74, 6) is -1.13. The number of benzene rings is 3. The Balaban J connectivity index is 1.70. The van der Waals surface area contributed by atoms with Crippen LogP contribution in [0.1, 0.15) is 0 Å². The molecule has 0 spiro atoms. The van der Waals surface area contributed by atoms with Gasteiger partial charge >= 0.3 is 0 Å². The van der Waals surface area contributed by atoms with Crippen molar-refractivity contribution in [2.45, 2.75) is 4.90 Å². The van der Waals surface area contributed by atoms with Crippen LogP contribution in [0.5, 0.6) is 0 Å². The summed E-state index contributed by atoms with van der Waals surface area (Å²) in [5, 5.41) is 2.95. The Labute approximate surface area is 196 Å². The summed E-state index contributed by atoms with van der Waals surface area (Å²) >= 11 is 5.83. The maximum atomic E-state index is 13.0. The first-order valence-corrected chi connectivity index (χ1v) is 13.1. The highest BCUT2D eigenvalue weighted by molar-refractivity contribution is 7.92. The van der Waals surface area contributed by atoms with Crippen molar-refractivity contribution in [1.82, 2.24) is 0 Å². The maximum absolute atomic E-state index is 13.0. The molecule has 0 atom stereocenters. The molecule has 0 bridgehead atoms. The lowest BCUT2D eigenvalue weighted by molar-refractivity contribution is -0.114. The second-order valence-electron chi connectivity index (χ2n) is 6.93. The van der Waals surface area contributed by atoms with Crippen molar-refractivity contribution in [1.29, 1.82) is 0 Å². The van der Waals surface area contributed by atoms with Gasteiger partial charge in [0.25, 0.3) is 10.0 Å². The molecule has 8 nitrogen and oxygen atoms in total. The van der Waals surface area contributed by atoms with Crippen LogP contribution in [-0.4, -0.2) is 35.5 Å². The Kier molecular flexibility index (Phi) is 7.25. The first-order valence-electron chi connectivity index (χ1n) is 9.36. The molecule has 0 aliphatic rings. The van der Waals surface area contributed by atoms with E-state index in [0.717, 1.165) is 22.7 Å². The van der Waals surface area contributed by atoms with Crippen LogP contribution in [-0.2, 0) is 24.8 Å². The van der Waals surface area contributed by atoms with E-state index in [2.05, 4.69) is 10.0 Å². The zero-order valence-corrected chi connectivity index (χ0v) is 19.6. The molecule has 0 unspecified atom stereocenters. The molecule has 0 saturated heterocycles. The molecule has 3 aromatic rings. The number of hydrogen-bond donors (Lipinski definition) is 2. The van der Waals surface area contributed by atoms with E-state index >= 15 is 0 Å². The second-order valence-corrected chi connectivity index (χ2v) is 11.0. The minimum Gasteiger partial charge on any atom is -0.325 e. The van der Waals surface area contributed by atoms with E-state index in [1.165, 1.54) is 60.7 Å². The summed E-state index contributed by atoms with van der Waals surface area (Å²) < 4.78 is 65.5. The third-order valence-electron chi connectivity index (χ3n) is 4.35. The van der Waals surface area contributed by atoms with Crippen LogP contribution >= 0.6 is 11.6 Å². The van der Waals surface area contributed by atoms with E-state index in [0.29, 0.717) is 5.02 Å².